The fourth-order valence-electron chi connectivity index (χ4n) is 1.46. The molecule has 1 fully saturated rings. The third-order valence-electron chi connectivity index (χ3n) is 2.40. The fourth-order valence-corrected chi connectivity index (χ4v) is 1.46. The van der Waals surface area contributed by atoms with Crippen LogP contribution in [0.2, 0.25) is 0 Å². The van der Waals surface area contributed by atoms with E-state index in [0.29, 0.717) is 19.8 Å². The van der Waals surface area contributed by atoms with E-state index < -0.39 is 0 Å². The van der Waals surface area contributed by atoms with Crippen molar-refractivity contribution < 1.29 is 9.47 Å². The van der Waals surface area contributed by atoms with E-state index in [9.17, 15) is 0 Å². The second-order valence-electron chi connectivity index (χ2n) is 4.12. The summed E-state index contributed by atoms with van der Waals surface area (Å²) in [4.78, 5) is 0. The van der Waals surface area contributed by atoms with Gasteiger partial charge in [-0.1, -0.05) is 13.8 Å². The van der Waals surface area contributed by atoms with Gasteiger partial charge >= 0.3 is 0 Å². The van der Waals surface area contributed by atoms with E-state index in [2.05, 4.69) is 13.8 Å². The van der Waals surface area contributed by atoms with Crippen molar-refractivity contribution in [3.8, 4) is 0 Å². The van der Waals surface area contributed by atoms with Gasteiger partial charge in [-0.15, -0.1) is 0 Å². The summed E-state index contributed by atoms with van der Waals surface area (Å²) in [5.74, 6) is 0.718. The first-order valence-corrected chi connectivity index (χ1v) is 5.15. The normalized spacial score (nSPS) is 26.3. The molecular weight excluding hydrogens is 166 g/mol. The van der Waals surface area contributed by atoms with E-state index >= 15 is 0 Å². The minimum atomic E-state index is 0.118. The zero-order valence-electron chi connectivity index (χ0n) is 8.66. The summed E-state index contributed by atoms with van der Waals surface area (Å²) in [6, 6.07) is 0.141. The van der Waals surface area contributed by atoms with Crippen LogP contribution in [0.25, 0.3) is 0 Å². The lowest BCUT2D eigenvalue weighted by Crippen LogP contribution is -2.43. The zero-order chi connectivity index (χ0) is 9.68. The molecule has 1 aliphatic rings. The largest absolute Gasteiger partial charge is 0.376 e. The highest BCUT2D eigenvalue weighted by Crippen LogP contribution is 2.12. The van der Waals surface area contributed by atoms with Gasteiger partial charge in [-0.2, -0.15) is 0 Å². The molecule has 3 nitrogen and oxygen atoms in total. The molecular formula is C10H21NO2. The molecule has 0 aromatic rings. The first-order valence-electron chi connectivity index (χ1n) is 5.15. The summed E-state index contributed by atoms with van der Waals surface area (Å²) in [5, 5.41) is 0. The van der Waals surface area contributed by atoms with Gasteiger partial charge in [0.1, 0.15) is 0 Å². The van der Waals surface area contributed by atoms with E-state index in [-0.39, 0.29) is 12.1 Å². The van der Waals surface area contributed by atoms with Crippen molar-refractivity contribution in [2.45, 2.75) is 38.8 Å². The maximum Gasteiger partial charge on any atom is 0.0959 e. The molecule has 0 aliphatic carbocycles. The number of hydrogen-bond acceptors (Lipinski definition) is 3. The Morgan fingerprint density at radius 3 is 2.62 bits per heavy atom. The first kappa shape index (κ1) is 11.0. The summed E-state index contributed by atoms with van der Waals surface area (Å²) in [7, 11) is 0. The maximum atomic E-state index is 5.99. The third-order valence-corrected chi connectivity index (χ3v) is 2.40. The van der Waals surface area contributed by atoms with Crippen LogP contribution in [-0.2, 0) is 9.47 Å². The van der Waals surface area contributed by atoms with Crippen molar-refractivity contribution in [1.29, 1.82) is 0 Å². The van der Waals surface area contributed by atoms with Crippen LogP contribution in [0.3, 0.4) is 0 Å². The molecule has 2 N–H and O–H groups in total. The highest BCUT2D eigenvalue weighted by atomic mass is 16.6. The minimum Gasteiger partial charge on any atom is -0.376 e. The quantitative estimate of drug-likeness (QED) is 0.718. The number of nitrogens with two attached hydrogens (primary N) is 1. The molecule has 2 atom stereocenters. The lowest BCUT2D eigenvalue weighted by atomic mass is 10.0. The van der Waals surface area contributed by atoms with Gasteiger partial charge in [0.25, 0.3) is 0 Å². The van der Waals surface area contributed by atoms with Crippen molar-refractivity contribution in [1.82, 2.24) is 0 Å². The minimum absolute atomic E-state index is 0.118. The van der Waals surface area contributed by atoms with Crippen molar-refractivity contribution in [3.05, 3.63) is 0 Å². The summed E-state index contributed by atoms with van der Waals surface area (Å²) < 4.78 is 10.8. The summed E-state index contributed by atoms with van der Waals surface area (Å²) >= 11 is 0. The summed E-state index contributed by atoms with van der Waals surface area (Å²) in [5.41, 5.74) is 5.99. The Bertz CT molecular complexity index is 133. The van der Waals surface area contributed by atoms with Gasteiger partial charge in [-0.05, 0) is 18.8 Å². The average molecular weight is 187 g/mol. The van der Waals surface area contributed by atoms with E-state index in [1.54, 1.807) is 0 Å². The lowest BCUT2D eigenvalue weighted by molar-refractivity contribution is -0.0980. The van der Waals surface area contributed by atoms with Gasteiger partial charge in [-0.25, -0.2) is 0 Å². The second-order valence-corrected chi connectivity index (χ2v) is 4.12. The molecule has 0 amide bonds. The van der Waals surface area contributed by atoms with Crippen molar-refractivity contribution >= 4 is 0 Å². The predicted molar refractivity (Wildman–Crippen MR) is 52.6 cm³/mol. The van der Waals surface area contributed by atoms with Gasteiger partial charge in [0.15, 0.2) is 0 Å². The SMILES string of the molecule is CC(C)CCC(N)C1COCCO1. The molecule has 2 unspecified atom stereocenters. The zero-order valence-corrected chi connectivity index (χ0v) is 8.66. The van der Waals surface area contributed by atoms with Crippen LogP contribution in [0.15, 0.2) is 0 Å². The lowest BCUT2D eigenvalue weighted by Gasteiger charge is -2.28. The van der Waals surface area contributed by atoms with E-state index in [1.807, 2.05) is 0 Å². The molecule has 0 aromatic heterocycles. The maximum absolute atomic E-state index is 5.99. The molecule has 1 aliphatic heterocycles. The Morgan fingerprint density at radius 1 is 1.31 bits per heavy atom. The van der Waals surface area contributed by atoms with Crippen LogP contribution in [0.1, 0.15) is 26.7 Å². The van der Waals surface area contributed by atoms with Crippen LogP contribution in [0, 0.1) is 5.92 Å². The highest BCUT2D eigenvalue weighted by Gasteiger charge is 2.21. The van der Waals surface area contributed by atoms with Crippen molar-refractivity contribution in [2.75, 3.05) is 19.8 Å². The molecule has 1 saturated heterocycles. The van der Waals surface area contributed by atoms with Gasteiger partial charge in [0.2, 0.25) is 0 Å². The molecule has 1 heterocycles. The molecule has 0 radical (unpaired) electrons. The number of rotatable bonds is 4. The van der Waals surface area contributed by atoms with Crippen molar-refractivity contribution in [3.63, 3.8) is 0 Å². The second kappa shape index (κ2) is 5.58. The smallest absolute Gasteiger partial charge is 0.0959 e. The Morgan fingerprint density at radius 2 is 2.08 bits per heavy atom. The fraction of sp³-hybridized carbons (Fsp3) is 1.00. The summed E-state index contributed by atoms with van der Waals surface area (Å²) in [6.45, 7) is 6.50. The van der Waals surface area contributed by atoms with Crippen LogP contribution in [0.4, 0.5) is 0 Å². The first-order chi connectivity index (χ1) is 6.20. The Labute approximate surface area is 80.6 Å². The Hall–Kier alpha value is -0.120. The standard InChI is InChI=1S/C10H21NO2/c1-8(2)3-4-9(11)10-7-12-5-6-13-10/h8-10H,3-7,11H2,1-2H3. The molecule has 13 heavy (non-hydrogen) atoms. The molecule has 78 valence electrons. The molecule has 0 aromatic carbocycles. The average Bonchev–Trinajstić information content (AvgIpc) is 2.15. The van der Waals surface area contributed by atoms with Crippen LogP contribution < -0.4 is 5.73 Å². The number of hydrogen-bond donors (Lipinski definition) is 1. The van der Waals surface area contributed by atoms with Crippen LogP contribution in [-0.4, -0.2) is 32.0 Å². The Kier molecular flexibility index (Phi) is 4.70. The van der Waals surface area contributed by atoms with Gasteiger partial charge < -0.3 is 15.2 Å². The predicted octanol–water partition coefficient (Wildman–Crippen LogP) is 1.17. The Balaban J connectivity index is 2.17. The monoisotopic (exact) mass is 187 g/mol. The molecule has 0 bridgehead atoms. The third kappa shape index (κ3) is 4.07. The molecule has 3 heteroatoms. The van der Waals surface area contributed by atoms with E-state index in [1.165, 1.54) is 6.42 Å². The highest BCUT2D eigenvalue weighted by molar-refractivity contribution is 4.75. The van der Waals surface area contributed by atoms with Crippen LogP contribution in [0.5, 0.6) is 0 Å². The van der Waals surface area contributed by atoms with E-state index in [0.717, 1.165) is 12.3 Å². The molecule has 0 saturated carbocycles. The van der Waals surface area contributed by atoms with Gasteiger partial charge in [0, 0.05) is 6.04 Å². The molecule has 1 rings (SSSR count). The molecule has 0 spiro atoms. The summed E-state index contributed by atoms with van der Waals surface area (Å²) in [6.07, 6.45) is 2.32. The van der Waals surface area contributed by atoms with E-state index in [4.69, 9.17) is 15.2 Å². The van der Waals surface area contributed by atoms with Crippen molar-refractivity contribution in [2.24, 2.45) is 11.7 Å². The van der Waals surface area contributed by atoms with Gasteiger partial charge in [0.05, 0.1) is 25.9 Å². The van der Waals surface area contributed by atoms with Gasteiger partial charge in [-0.3, -0.25) is 0 Å². The number of ether oxygens (including phenoxy) is 2. The van der Waals surface area contributed by atoms with Crippen LogP contribution >= 0.6 is 0 Å². The topological polar surface area (TPSA) is 44.5 Å².